The molecule has 1 heterocycles. The van der Waals surface area contributed by atoms with Crippen molar-refractivity contribution in [2.24, 2.45) is 0 Å². The van der Waals surface area contributed by atoms with E-state index >= 15 is 0 Å². The Kier molecular flexibility index (Phi) is 10.7. The van der Waals surface area contributed by atoms with Crippen LogP contribution in [0, 0.1) is 0 Å². The van der Waals surface area contributed by atoms with E-state index in [1.807, 2.05) is 24.3 Å². The van der Waals surface area contributed by atoms with Gasteiger partial charge in [0.1, 0.15) is 12.4 Å². The second-order valence-corrected chi connectivity index (χ2v) is 7.28. The zero-order valence-electron chi connectivity index (χ0n) is 16.9. The van der Waals surface area contributed by atoms with Gasteiger partial charge in [0.25, 0.3) is 0 Å². The molecule has 1 amide bonds. The van der Waals surface area contributed by atoms with Gasteiger partial charge in [-0.3, -0.25) is 10.2 Å². The van der Waals surface area contributed by atoms with E-state index < -0.39 is 6.09 Å². The Bertz CT molecular complexity index is 530. The van der Waals surface area contributed by atoms with Crippen molar-refractivity contribution in [3.8, 4) is 5.75 Å². The number of hydrogen-bond donors (Lipinski definition) is 1. The number of anilines is 1. The quantitative estimate of drug-likeness (QED) is 0.464. The Morgan fingerprint density at radius 2 is 1.70 bits per heavy atom. The highest BCUT2D eigenvalue weighted by Gasteiger charge is 2.13. The third-order valence-electron chi connectivity index (χ3n) is 4.97. The summed E-state index contributed by atoms with van der Waals surface area (Å²) in [5.74, 6) is 0.708. The van der Waals surface area contributed by atoms with Crippen molar-refractivity contribution < 1.29 is 14.3 Å². The summed E-state index contributed by atoms with van der Waals surface area (Å²) in [6.07, 6.45) is 10.9. The molecular formula is C22H36N2O3. The van der Waals surface area contributed by atoms with Gasteiger partial charge in [-0.05, 0) is 44.5 Å². The Morgan fingerprint density at radius 3 is 2.48 bits per heavy atom. The molecule has 0 aliphatic carbocycles. The fourth-order valence-corrected chi connectivity index (χ4v) is 3.36. The van der Waals surface area contributed by atoms with Gasteiger partial charge in [-0.15, -0.1) is 0 Å². The summed E-state index contributed by atoms with van der Waals surface area (Å²) in [5.41, 5.74) is 0.673. The first kappa shape index (κ1) is 21.5. The number of ether oxygens (including phenoxy) is 2. The molecule has 0 bridgehead atoms. The summed E-state index contributed by atoms with van der Waals surface area (Å²) in [6, 6.07) is 7.55. The minimum Gasteiger partial charge on any atom is -0.491 e. The summed E-state index contributed by atoms with van der Waals surface area (Å²) < 4.78 is 11.2. The first-order chi connectivity index (χ1) is 13.3. The Morgan fingerprint density at radius 1 is 1.00 bits per heavy atom. The molecule has 2 rings (SSSR count). The Hall–Kier alpha value is -1.75. The monoisotopic (exact) mass is 376 g/mol. The van der Waals surface area contributed by atoms with E-state index in [1.54, 1.807) is 0 Å². The van der Waals surface area contributed by atoms with Crippen LogP contribution in [0.4, 0.5) is 10.5 Å². The summed E-state index contributed by atoms with van der Waals surface area (Å²) in [4.78, 5) is 14.4. The van der Waals surface area contributed by atoms with Crippen LogP contribution in [0.25, 0.3) is 0 Å². The van der Waals surface area contributed by atoms with Gasteiger partial charge in [-0.1, -0.05) is 57.6 Å². The highest BCUT2D eigenvalue weighted by Crippen LogP contribution is 2.24. The van der Waals surface area contributed by atoms with Crippen LogP contribution < -0.4 is 10.1 Å². The second-order valence-electron chi connectivity index (χ2n) is 7.28. The van der Waals surface area contributed by atoms with Crippen molar-refractivity contribution in [3.05, 3.63) is 24.3 Å². The Balaban J connectivity index is 1.62. The maximum Gasteiger partial charge on any atom is 0.411 e. The predicted molar refractivity (Wildman–Crippen MR) is 111 cm³/mol. The van der Waals surface area contributed by atoms with Crippen LogP contribution in [-0.2, 0) is 4.74 Å². The molecule has 1 aliphatic heterocycles. The summed E-state index contributed by atoms with van der Waals surface area (Å²) in [7, 11) is 0. The summed E-state index contributed by atoms with van der Waals surface area (Å²) in [5, 5.41) is 2.81. The van der Waals surface area contributed by atoms with E-state index in [0.717, 1.165) is 26.1 Å². The molecule has 1 aliphatic rings. The number of nitrogens with one attached hydrogen (secondary N) is 1. The van der Waals surface area contributed by atoms with Crippen LogP contribution in [0.5, 0.6) is 5.75 Å². The number of hydrogen-bond acceptors (Lipinski definition) is 4. The normalized spacial score (nSPS) is 14.3. The zero-order chi connectivity index (χ0) is 19.2. The number of rotatable bonds is 13. The number of para-hydroxylation sites is 2. The molecular weight excluding hydrogens is 340 g/mol. The van der Waals surface area contributed by atoms with Crippen LogP contribution in [0.1, 0.15) is 64.7 Å². The van der Waals surface area contributed by atoms with Gasteiger partial charge in [0, 0.05) is 6.54 Å². The fraction of sp³-hybridized carbons (Fsp3) is 0.682. The molecule has 5 nitrogen and oxygen atoms in total. The number of carbonyl (C=O) groups is 1. The van der Waals surface area contributed by atoms with Crippen molar-refractivity contribution in [1.82, 2.24) is 4.90 Å². The van der Waals surface area contributed by atoms with Gasteiger partial charge in [-0.2, -0.15) is 0 Å². The molecule has 0 unspecified atom stereocenters. The van der Waals surface area contributed by atoms with E-state index in [-0.39, 0.29) is 0 Å². The van der Waals surface area contributed by atoms with E-state index in [0.29, 0.717) is 24.7 Å². The third-order valence-corrected chi connectivity index (χ3v) is 4.97. The average molecular weight is 377 g/mol. The average Bonchev–Trinajstić information content (AvgIpc) is 3.18. The van der Waals surface area contributed by atoms with Crippen molar-refractivity contribution >= 4 is 11.8 Å². The van der Waals surface area contributed by atoms with Crippen molar-refractivity contribution in [2.45, 2.75) is 64.7 Å². The van der Waals surface area contributed by atoms with Crippen LogP contribution in [0.3, 0.4) is 0 Å². The minimum atomic E-state index is -0.416. The molecule has 0 spiro atoms. The highest BCUT2D eigenvalue weighted by atomic mass is 16.5. The number of amides is 1. The summed E-state index contributed by atoms with van der Waals surface area (Å²) in [6.45, 7) is 6.37. The minimum absolute atomic E-state index is 0.416. The van der Waals surface area contributed by atoms with E-state index in [9.17, 15) is 4.79 Å². The standard InChI is InChI=1S/C22H36N2O3/c1-2-3-4-5-6-7-12-18-26-21-14-9-8-13-20(21)23-22(25)27-19-17-24-15-10-11-16-24/h8-9,13-14H,2-7,10-12,15-19H2,1H3,(H,23,25). The predicted octanol–water partition coefficient (Wildman–Crippen LogP) is 5.46. The van der Waals surface area contributed by atoms with E-state index in [1.165, 1.54) is 51.4 Å². The smallest absolute Gasteiger partial charge is 0.411 e. The van der Waals surface area contributed by atoms with Gasteiger partial charge in [-0.25, -0.2) is 4.79 Å². The molecule has 0 aromatic heterocycles. The van der Waals surface area contributed by atoms with Gasteiger partial charge in [0.05, 0.1) is 12.3 Å². The number of likely N-dealkylation sites (tertiary alicyclic amines) is 1. The number of nitrogens with zero attached hydrogens (tertiary/aromatic N) is 1. The zero-order valence-corrected chi connectivity index (χ0v) is 16.9. The lowest BCUT2D eigenvalue weighted by Gasteiger charge is -2.15. The van der Waals surface area contributed by atoms with Crippen LogP contribution in [0.2, 0.25) is 0 Å². The van der Waals surface area contributed by atoms with Crippen molar-refractivity contribution in [2.75, 3.05) is 38.2 Å². The first-order valence-corrected chi connectivity index (χ1v) is 10.7. The molecule has 1 fully saturated rings. The lowest BCUT2D eigenvalue weighted by molar-refractivity contribution is 0.146. The number of carbonyl (C=O) groups excluding carboxylic acids is 1. The van der Waals surface area contributed by atoms with Gasteiger partial charge < -0.3 is 9.47 Å². The largest absolute Gasteiger partial charge is 0.491 e. The lowest BCUT2D eigenvalue weighted by Crippen LogP contribution is -2.26. The Labute approximate surface area is 164 Å². The maximum atomic E-state index is 12.0. The van der Waals surface area contributed by atoms with Crippen LogP contribution >= 0.6 is 0 Å². The number of benzene rings is 1. The van der Waals surface area contributed by atoms with Crippen LogP contribution in [0.15, 0.2) is 24.3 Å². The third kappa shape index (κ3) is 9.14. The molecule has 152 valence electrons. The van der Waals surface area contributed by atoms with E-state index in [4.69, 9.17) is 9.47 Å². The topological polar surface area (TPSA) is 50.8 Å². The van der Waals surface area contributed by atoms with Crippen molar-refractivity contribution in [1.29, 1.82) is 0 Å². The fourth-order valence-electron chi connectivity index (χ4n) is 3.36. The molecule has 27 heavy (non-hydrogen) atoms. The van der Waals surface area contributed by atoms with Crippen LogP contribution in [-0.4, -0.2) is 43.8 Å². The van der Waals surface area contributed by atoms with Gasteiger partial charge >= 0.3 is 6.09 Å². The van der Waals surface area contributed by atoms with Gasteiger partial charge in [0.2, 0.25) is 0 Å². The number of unbranched alkanes of at least 4 members (excludes halogenated alkanes) is 6. The molecule has 0 atom stereocenters. The van der Waals surface area contributed by atoms with Gasteiger partial charge in [0.15, 0.2) is 0 Å². The molecule has 1 aromatic carbocycles. The summed E-state index contributed by atoms with van der Waals surface area (Å²) >= 11 is 0. The first-order valence-electron chi connectivity index (χ1n) is 10.7. The lowest BCUT2D eigenvalue weighted by atomic mass is 10.1. The molecule has 5 heteroatoms. The molecule has 1 N–H and O–H groups in total. The highest BCUT2D eigenvalue weighted by molar-refractivity contribution is 5.86. The molecule has 1 aromatic rings. The molecule has 0 saturated carbocycles. The van der Waals surface area contributed by atoms with Crippen molar-refractivity contribution in [3.63, 3.8) is 0 Å². The second kappa shape index (κ2) is 13.4. The maximum absolute atomic E-state index is 12.0. The molecule has 0 radical (unpaired) electrons. The SMILES string of the molecule is CCCCCCCCCOc1ccccc1NC(=O)OCCN1CCCC1. The van der Waals surface area contributed by atoms with E-state index in [2.05, 4.69) is 17.1 Å². The molecule has 1 saturated heterocycles.